The van der Waals surface area contributed by atoms with Gasteiger partial charge in [0.05, 0.1) is 12.2 Å². The summed E-state index contributed by atoms with van der Waals surface area (Å²) in [5.41, 5.74) is 1.04. The lowest BCUT2D eigenvalue weighted by atomic mass is 9.58. The molecule has 0 unspecified atom stereocenters. The van der Waals surface area contributed by atoms with E-state index in [0.29, 0.717) is 18.6 Å². The second kappa shape index (κ2) is 6.87. The number of amides is 2. The fraction of sp³-hybridized carbons (Fsp3) is 0.550. The number of esters is 1. The quantitative estimate of drug-likeness (QED) is 0.700. The van der Waals surface area contributed by atoms with Crippen LogP contribution in [0, 0.1) is 17.8 Å². The predicted molar refractivity (Wildman–Crippen MR) is 98.8 cm³/mol. The van der Waals surface area contributed by atoms with Gasteiger partial charge in [0.15, 0.2) is 0 Å². The van der Waals surface area contributed by atoms with Crippen molar-refractivity contribution in [2.45, 2.75) is 38.3 Å². The van der Waals surface area contributed by atoms with Crippen LogP contribution in [0.3, 0.4) is 0 Å². The van der Waals surface area contributed by atoms with Gasteiger partial charge in [0.1, 0.15) is 12.2 Å². The van der Waals surface area contributed by atoms with Gasteiger partial charge in [0, 0.05) is 17.5 Å². The van der Waals surface area contributed by atoms with Gasteiger partial charge in [-0.05, 0) is 50.7 Å². The number of ether oxygens (including phenoxy) is 1. The highest BCUT2D eigenvalue weighted by Gasteiger charge is 2.55. The molecule has 7 nitrogen and oxygen atoms in total. The van der Waals surface area contributed by atoms with Crippen molar-refractivity contribution >= 4 is 23.5 Å². The molecule has 1 heterocycles. The molecular formula is C20H25N3O4. The molecule has 2 amide bonds. The molecule has 3 N–H and O–H groups in total. The number of rotatable bonds is 4. The van der Waals surface area contributed by atoms with Crippen LogP contribution in [0.15, 0.2) is 24.3 Å². The van der Waals surface area contributed by atoms with E-state index < -0.39 is 11.6 Å². The lowest BCUT2D eigenvalue weighted by molar-refractivity contribution is -0.145. The zero-order valence-electron chi connectivity index (χ0n) is 15.4. The molecule has 5 rings (SSSR count). The Morgan fingerprint density at radius 2 is 2.07 bits per heavy atom. The van der Waals surface area contributed by atoms with E-state index in [9.17, 15) is 14.4 Å². The fourth-order valence-electron chi connectivity index (χ4n) is 4.97. The molecule has 0 aromatic heterocycles. The summed E-state index contributed by atoms with van der Waals surface area (Å²) < 4.78 is 4.87. The summed E-state index contributed by atoms with van der Waals surface area (Å²) in [6.07, 6.45) is 3.36. The molecule has 4 aliphatic rings. The minimum absolute atomic E-state index is 0.0554. The number of hydrogen-bond acceptors (Lipinski definition) is 5. The van der Waals surface area contributed by atoms with Crippen molar-refractivity contribution in [3.63, 3.8) is 0 Å². The zero-order valence-corrected chi connectivity index (χ0v) is 15.4. The summed E-state index contributed by atoms with van der Waals surface area (Å²) in [4.78, 5) is 36.7. The molecule has 3 aliphatic carbocycles. The van der Waals surface area contributed by atoms with Crippen LogP contribution in [0.25, 0.3) is 0 Å². The third-order valence-corrected chi connectivity index (χ3v) is 6.19. The van der Waals surface area contributed by atoms with Crippen molar-refractivity contribution in [1.29, 1.82) is 0 Å². The zero-order chi connectivity index (χ0) is 19.0. The Labute approximate surface area is 158 Å². The van der Waals surface area contributed by atoms with Crippen molar-refractivity contribution in [2.75, 3.05) is 18.5 Å². The van der Waals surface area contributed by atoms with Crippen LogP contribution in [0.1, 0.15) is 43.0 Å². The lowest BCUT2D eigenvalue weighted by Gasteiger charge is -2.56. The normalized spacial score (nSPS) is 30.9. The minimum atomic E-state index is -0.480. The maximum atomic E-state index is 12.6. The van der Waals surface area contributed by atoms with E-state index in [2.05, 4.69) is 16.0 Å². The Balaban J connectivity index is 1.46. The number of nitrogens with one attached hydrogen (secondary N) is 3. The van der Waals surface area contributed by atoms with Gasteiger partial charge in [-0.1, -0.05) is 12.1 Å². The molecule has 1 aliphatic heterocycles. The fourth-order valence-corrected chi connectivity index (χ4v) is 4.97. The number of carbonyl (C=O) groups excluding carboxylic acids is 3. The summed E-state index contributed by atoms with van der Waals surface area (Å²) in [7, 11) is 0. The standard InChI is InChI=1S/C20H25N3O4/c1-2-27-17(24)11-21-18(25)15-9-13-8-7-12(15)10-20(13)22-16-6-4-3-5-14(16)19(26)23-20/h3-6,12-13,15,22H,2,7-11H2,1H3,(H,21,25)(H,23,26)/t12-,13+,15+,20+/m0/s1. The van der Waals surface area contributed by atoms with Gasteiger partial charge in [-0.25, -0.2) is 0 Å². The molecule has 4 atom stereocenters. The van der Waals surface area contributed by atoms with Gasteiger partial charge in [-0.2, -0.15) is 0 Å². The third-order valence-electron chi connectivity index (χ3n) is 6.19. The van der Waals surface area contributed by atoms with Crippen LogP contribution in [0.4, 0.5) is 5.69 Å². The minimum Gasteiger partial charge on any atom is -0.465 e. The summed E-state index contributed by atoms with van der Waals surface area (Å²) in [6.45, 7) is 1.95. The first-order chi connectivity index (χ1) is 13.0. The summed E-state index contributed by atoms with van der Waals surface area (Å²) in [5.74, 6) is -0.329. The van der Waals surface area contributed by atoms with E-state index in [1.165, 1.54) is 0 Å². The van der Waals surface area contributed by atoms with E-state index in [4.69, 9.17) is 4.74 Å². The van der Waals surface area contributed by atoms with Gasteiger partial charge in [0.25, 0.3) is 5.91 Å². The number of anilines is 1. The molecule has 2 bridgehead atoms. The maximum absolute atomic E-state index is 12.6. The molecular weight excluding hydrogens is 346 g/mol. The largest absolute Gasteiger partial charge is 0.465 e. The van der Waals surface area contributed by atoms with Crippen LogP contribution < -0.4 is 16.0 Å². The van der Waals surface area contributed by atoms with Gasteiger partial charge >= 0.3 is 5.97 Å². The van der Waals surface area contributed by atoms with E-state index >= 15 is 0 Å². The number of para-hydroxylation sites is 1. The Hall–Kier alpha value is -2.57. The van der Waals surface area contributed by atoms with Gasteiger partial charge in [-0.3, -0.25) is 14.4 Å². The summed E-state index contributed by atoms with van der Waals surface area (Å²) in [6, 6.07) is 7.53. The van der Waals surface area contributed by atoms with Crippen LogP contribution in [-0.4, -0.2) is 36.6 Å². The van der Waals surface area contributed by atoms with Crippen LogP contribution in [-0.2, 0) is 14.3 Å². The second-order valence-corrected chi connectivity index (χ2v) is 7.70. The first-order valence-electron chi connectivity index (χ1n) is 9.65. The SMILES string of the molecule is CCOC(=O)CNC(=O)[C@@H]1C[C@H]2CC[C@H]1C[C@@]21NC(=O)c2ccccc2N1. The molecule has 27 heavy (non-hydrogen) atoms. The van der Waals surface area contributed by atoms with E-state index in [0.717, 1.165) is 24.9 Å². The second-order valence-electron chi connectivity index (χ2n) is 7.70. The smallest absolute Gasteiger partial charge is 0.325 e. The molecule has 3 fully saturated rings. The maximum Gasteiger partial charge on any atom is 0.325 e. The molecule has 7 heteroatoms. The Morgan fingerprint density at radius 1 is 1.26 bits per heavy atom. The van der Waals surface area contributed by atoms with Gasteiger partial charge in [-0.15, -0.1) is 0 Å². The van der Waals surface area contributed by atoms with Crippen molar-refractivity contribution in [1.82, 2.24) is 10.6 Å². The van der Waals surface area contributed by atoms with Crippen molar-refractivity contribution in [2.24, 2.45) is 17.8 Å². The highest BCUT2D eigenvalue weighted by molar-refractivity contribution is 6.02. The molecule has 1 aromatic rings. The van der Waals surface area contributed by atoms with Crippen LogP contribution in [0.2, 0.25) is 0 Å². The molecule has 3 saturated carbocycles. The first-order valence-corrected chi connectivity index (χ1v) is 9.65. The average molecular weight is 371 g/mol. The highest BCUT2D eigenvalue weighted by Crippen LogP contribution is 2.51. The first kappa shape index (κ1) is 17.8. The van der Waals surface area contributed by atoms with Crippen molar-refractivity contribution in [3.8, 4) is 0 Å². The van der Waals surface area contributed by atoms with Crippen molar-refractivity contribution < 1.29 is 19.1 Å². The number of carbonyl (C=O) groups is 3. The molecule has 0 saturated heterocycles. The Kier molecular flexibility index (Phi) is 4.53. The van der Waals surface area contributed by atoms with Crippen LogP contribution >= 0.6 is 0 Å². The monoisotopic (exact) mass is 371 g/mol. The Bertz CT molecular complexity index is 780. The van der Waals surface area contributed by atoms with Crippen LogP contribution in [0.5, 0.6) is 0 Å². The van der Waals surface area contributed by atoms with Gasteiger partial charge in [0.2, 0.25) is 5.91 Å². The topological polar surface area (TPSA) is 96.5 Å². The summed E-state index contributed by atoms with van der Waals surface area (Å²) >= 11 is 0. The van der Waals surface area contributed by atoms with E-state index in [-0.39, 0.29) is 36.1 Å². The highest BCUT2D eigenvalue weighted by atomic mass is 16.5. The molecule has 144 valence electrons. The predicted octanol–water partition coefficient (Wildman–Crippen LogP) is 1.65. The molecule has 1 aromatic carbocycles. The van der Waals surface area contributed by atoms with E-state index in [1.54, 1.807) is 6.92 Å². The number of benzene rings is 1. The third kappa shape index (κ3) is 3.15. The van der Waals surface area contributed by atoms with E-state index in [1.807, 2.05) is 24.3 Å². The number of fused-ring (bicyclic) bond motifs is 3. The lowest BCUT2D eigenvalue weighted by Crippen LogP contribution is -2.68. The molecule has 1 spiro atoms. The van der Waals surface area contributed by atoms with Gasteiger partial charge < -0.3 is 20.7 Å². The van der Waals surface area contributed by atoms with Crippen molar-refractivity contribution in [3.05, 3.63) is 29.8 Å². The number of hydrogen-bond donors (Lipinski definition) is 3. The molecule has 0 radical (unpaired) electrons. The average Bonchev–Trinajstić information content (AvgIpc) is 2.66. The summed E-state index contributed by atoms with van der Waals surface area (Å²) in [5, 5.41) is 9.47. The Morgan fingerprint density at radius 3 is 2.81 bits per heavy atom.